The first-order valence-corrected chi connectivity index (χ1v) is 10.6. The Kier molecular flexibility index (Phi) is 5.50. The van der Waals surface area contributed by atoms with E-state index in [1.54, 1.807) is 12.1 Å². The first-order valence-electron chi connectivity index (χ1n) is 8.34. The lowest BCUT2D eigenvalue weighted by Gasteiger charge is -2.14. The van der Waals surface area contributed by atoms with Gasteiger partial charge in [0.2, 0.25) is 10.0 Å². The van der Waals surface area contributed by atoms with Crippen LogP contribution in [-0.2, 0) is 29.5 Å². The number of nitrogens with zero attached hydrogens (tertiary/aromatic N) is 3. The second kappa shape index (κ2) is 7.50. The molecule has 26 heavy (non-hydrogen) atoms. The summed E-state index contributed by atoms with van der Waals surface area (Å²) in [6, 6.07) is 4.54. The largest absolute Gasteiger partial charge is 0.346 e. The molecule has 1 aliphatic rings. The Morgan fingerprint density at radius 1 is 1.35 bits per heavy atom. The number of carbonyl (C=O) groups is 1. The molecule has 0 saturated heterocycles. The molecular weight excluding hydrogens is 420 g/mol. The molecule has 1 aromatic carbocycles. The summed E-state index contributed by atoms with van der Waals surface area (Å²) in [6.45, 7) is 1.28. The molecule has 140 valence electrons. The van der Waals surface area contributed by atoms with Crippen LogP contribution in [0, 0.1) is 0 Å². The number of imidazole rings is 1. The van der Waals surface area contributed by atoms with E-state index in [0.717, 1.165) is 41.6 Å². The van der Waals surface area contributed by atoms with E-state index in [4.69, 9.17) is 0 Å². The van der Waals surface area contributed by atoms with E-state index < -0.39 is 10.0 Å². The number of amides is 1. The van der Waals surface area contributed by atoms with E-state index >= 15 is 0 Å². The normalized spacial score (nSPS) is 14.3. The second-order valence-corrected chi connectivity index (χ2v) is 9.39. The number of hydrogen-bond donors (Lipinski definition) is 1. The van der Waals surface area contributed by atoms with Gasteiger partial charge in [0.25, 0.3) is 5.91 Å². The van der Waals surface area contributed by atoms with Crippen molar-refractivity contribution in [2.24, 2.45) is 0 Å². The molecule has 0 unspecified atom stereocenters. The fraction of sp³-hybridized carbons (Fsp3) is 0.412. The lowest BCUT2D eigenvalue weighted by atomic mass is 10.2. The molecule has 1 amide bonds. The highest BCUT2D eigenvalue weighted by molar-refractivity contribution is 9.10. The fourth-order valence-corrected chi connectivity index (χ4v) is 4.71. The first-order chi connectivity index (χ1) is 12.3. The van der Waals surface area contributed by atoms with Crippen molar-refractivity contribution in [1.82, 2.24) is 19.2 Å². The molecule has 0 saturated carbocycles. The van der Waals surface area contributed by atoms with E-state index in [-0.39, 0.29) is 16.4 Å². The third kappa shape index (κ3) is 3.84. The molecular formula is C17H21BrN4O3S. The molecule has 0 spiro atoms. The predicted molar refractivity (Wildman–Crippen MR) is 101 cm³/mol. The summed E-state index contributed by atoms with van der Waals surface area (Å²) >= 11 is 3.24. The number of nitrogens with one attached hydrogen (secondary N) is 1. The van der Waals surface area contributed by atoms with E-state index in [9.17, 15) is 13.2 Å². The maximum absolute atomic E-state index is 12.5. The van der Waals surface area contributed by atoms with Gasteiger partial charge in [0.1, 0.15) is 5.82 Å². The topological polar surface area (TPSA) is 84.3 Å². The van der Waals surface area contributed by atoms with Crippen LogP contribution in [0.15, 0.2) is 33.8 Å². The Morgan fingerprint density at radius 2 is 2.12 bits per heavy atom. The van der Waals surface area contributed by atoms with Crippen LogP contribution in [0.3, 0.4) is 0 Å². The summed E-state index contributed by atoms with van der Waals surface area (Å²) in [5, 5.41) is 2.81. The lowest BCUT2D eigenvalue weighted by Crippen LogP contribution is -2.25. The monoisotopic (exact) mass is 440 g/mol. The summed E-state index contributed by atoms with van der Waals surface area (Å²) in [4.78, 5) is 17.1. The molecule has 7 nitrogen and oxygen atoms in total. The SMILES string of the molecule is CN(C)S(=O)(=O)c1cc(C(=O)NCc2cn3c(n2)CCCC3)ccc1Br. The highest BCUT2D eigenvalue weighted by Gasteiger charge is 2.22. The summed E-state index contributed by atoms with van der Waals surface area (Å²) in [6.07, 6.45) is 5.23. The average molecular weight is 441 g/mol. The number of aromatic nitrogens is 2. The maximum atomic E-state index is 12.5. The van der Waals surface area contributed by atoms with E-state index in [2.05, 4.69) is 30.8 Å². The van der Waals surface area contributed by atoms with Crippen LogP contribution in [-0.4, -0.2) is 42.3 Å². The van der Waals surface area contributed by atoms with Crippen molar-refractivity contribution in [2.75, 3.05) is 14.1 Å². The molecule has 3 rings (SSSR count). The molecule has 2 heterocycles. The smallest absolute Gasteiger partial charge is 0.251 e. The van der Waals surface area contributed by atoms with Crippen molar-refractivity contribution in [3.8, 4) is 0 Å². The van der Waals surface area contributed by atoms with Crippen molar-refractivity contribution in [3.05, 3.63) is 46.0 Å². The third-order valence-corrected chi connectivity index (χ3v) is 7.15. The molecule has 0 radical (unpaired) electrons. The van der Waals surface area contributed by atoms with Crippen molar-refractivity contribution >= 4 is 31.9 Å². The number of halogens is 1. The molecule has 1 aromatic heterocycles. The van der Waals surface area contributed by atoms with Gasteiger partial charge in [-0.1, -0.05) is 0 Å². The minimum Gasteiger partial charge on any atom is -0.346 e. The van der Waals surface area contributed by atoms with Crippen LogP contribution >= 0.6 is 15.9 Å². The Bertz CT molecular complexity index is 914. The minimum atomic E-state index is -3.64. The van der Waals surface area contributed by atoms with Gasteiger partial charge in [-0.15, -0.1) is 0 Å². The van der Waals surface area contributed by atoms with Crippen molar-refractivity contribution in [3.63, 3.8) is 0 Å². The first kappa shape index (κ1) is 19.1. The van der Waals surface area contributed by atoms with Gasteiger partial charge in [-0.05, 0) is 47.0 Å². The molecule has 9 heteroatoms. The second-order valence-electron chi connectivity index (χ2n) is 6.41. The van der Waals surface area contributed by atoms with Crippen molar-refractivity contribution in [2.45, 2.75) is 37.2 Å². The number of aryl methyl sites for hydroxylation is 2. The molecule has 0 bridgehead atoms. The summed E-state index contributed by atoms with van der Waals surface area (Å²) in [5.74, 6) is 0.724. The third-order valence-electron chi connectivity index (χ3n) is 4.34. The van der Waals surface area contributed by atoms with Gasteiger partial charge in [0.05, 0.1) is 17.1 Å². The van der Waals surface area contributed by atoms with Crippen molar-refractivity contribution in [1.29, 1.82) is 0 Å². The minimum absolute atomic E-state index is 0.0626. The van der Waals surface area contributed by atoms with Crippen molar-refractivity contribution < 1.29 is 13.2 Å². The number of carbonyl (C=O) groups excluding carboxylic acids is 1. The van der Waals surface area contributed by atoms with Gasteiger partial charge in [-0.25, -0.2) is 17.7 Å². The zero-order valence-electron chi connectivity index (χ0n) is 14.7. The zero-order chi connectivity index (χ0) is 18.9. The van der Waals surface area contributed by atoms with Gasteiger partial charge in [-0.2, -0.15) is 0 Å². The molecule has 2 aromatic rings. The van der Waals surface area contributed by atoms with Gasteiger partial charge >= 0.3 is 0 Å². The Hall–Kier alpha value is -1.71. The predicted octanol–water partition coefficient (Wildman–Crippen LogP) is 2.16. The molecule has 0 aliphatic carbocycles. The Balaban J connectivity index is 1.75. The Labute approximate surface area is 161 Å². The highest BCUT2D eigenvalue weighted by atomic mass is 79.9. The standard InChI is InChI=1S/C17H21BrN4O3S/c1-21(2)26(24,25)15-9-12(6-7-14(15)18)17(23)19-10-13-11-22-8-4-3-5-16(22)20-13/h6-7,9,11H,3-5,8,10H2,1-2H3,(H,19,23). The fourth-order valence-electron chi connectivity index (χ4n) is 2.87. The van der Waals surface area contributed by atoms with E-state index in [0.29, 0.717) is 11.0 Å². The lowest BCUT2D eigenvalue weighted by molar-refractivity contribution is 0.0950. The van der Waals surface area contributed by atoms with Crippen LogP contribution in [0.1, 0.15) is 34.7 Å². The number of benzene rings is 1. The molecule has 1 aliphatic heterocycles. The van der Waals surface area contributed by atoms with Gasteiger partial charge in [-0.3, -0.25) is 4.79 Å². The molecule has 0 atom stereocenters. The van der Waals surface area contributed by atoms with Crippen LogP contribution in [0.4, 0.5) is 0 Å². The Morgan fingerprint density at radius 3 is 2.81 bits per heavy atom. The van der Waals surface area contributed by atoms with Crippen LogP contribution < -0.4 is 5.32 Å². The van der Waals surface area contributed by atoms with E-state index in [1.807, 2.05) is 6.20 Å². The summed E-state index contributed by atoms with van der Waals surface area (Å²) in [7, 11) is -0.735. The zero-order valence-corrected chi connectivity index (χ0v) is 17.1. The van der Waals surface area contributed by atoms with Crippen LogP contribution in [0.2, 0.25) is 0 Å². The number of sulfonamides is 1. The molecule has 1 N–H and O–H groups in total. The van der Waals surface area contributed by atoms with Gasteiger partial charge < -0.3 is 9.88 Å². The quantitative estimate of drug-likeness (QED) is 0.771. The number of rotatable bonds is 5. The van der Waals surface area contributed by atoms with Gasteiger partial charge in [0, 0.05) is 43.3 Å². The van der Waals surface area contributed by atoms with Crippen LogP contribution in [0.5, 0.6) is 0 Å². The maximum Gasteiger partial charge on any atom is 0.251 e. The molecule has 0 fully saturated rings. The van der Waals surface area contributed by atoms with Crippen LogP contribution in [0.25, 0.3) is 0 Å². The number of fused-ring (bicyclic) bond motifs is 1. The highest BCUT2D eigenvalue weighted by Crippen LogP contribution is 2.25. The summed E-state index contributed by atoms with van der Waals surface area (Å²) in [5.41, 5.74) is 1.10. The van der Waals surface area contributed by atoms with E-state index in [1.165, 1.54) is 20.2 Å². The number of hydrogen-bond acceptors (Lipinski definition) is 4. The average Bonchev–Trinajstić information content (AvgIpc) is 3.02. The van der Waals surface area contributed by atoms with Gasteiger partial charge in [0.15, 0.2) is 0 Å². The summed E-state index contributed by atoms with van der Waals surface area (Å²) < 4.78 is 28.4.